The van der Waals surface area contributed by atoms with Crippen LogP contribution in [0.25, 0.3) is 0 Å². The van der Waals surface area contributed by atoms with E-state index in [0.29, 0.717) is 12.0 Å². The van der Waals surface area contributed by atoms with E-state index in [0.717, 1.165) is 12.1 Å². The van der Waals surface area contributed by atoms with Gasteiger partial charge in [0.05, 0.1) is 4.90 Å². The first-order valence-electron chi connectivity index (χ1n) is 6.36. The zero-order valence-electron chi connectivity index (χ0n) is 10.6. The van der Waals surface area contributed by atoms with Crippen LogP contribution in [0.2, 0.25) is 0 Å². The minimum Gasteiger partial charge on any atom is -0.382 e. The van der Waals surface area contributed by atoms with Gasteiger partial charge in [-0.3, -0.25) is 0 Å². The largest absolute Gasteiger partial charge is 0.382 e. The van der Waals surface area contributed by atoms with Gasteiger partial charge in [0.25, 0.3) is 0 Å². The molecular formula is C13H20N2O2S. The highest BCUT2D eigenvalue weighted by atomic mass is 32.2. The maximum Gasteiger partial charge on any atom is 0.238 e. The van der Waals surface area contributed by atoms with Crippen LogP contribution in [-0.4, -0.2) is 14.5 Å². The summed E-state index contributed by atoms with van der Waals surface area (Å²) in [4.78, 5) is 0.163. The summed E-state index contributed by atoms with van der Waals surface area (Å²) in [5.74, 6) is 0.622. The summed E-state index contributed by atoms with van der Waals surface area (Å²) in [7, 11) is -3.62. The van der Waals surface area contributed by atoms with Crippen LogP contribution in [0.4, 0.5) is 5.69 Å². The third kappa shape index (κ3) is 3.23. The van der Waals surface area contributed by atoms with Gasteiger partial charge < -0.3 is 5.32 Å². The normalized spacial score (nSPS) is 24.8. The molecular weight excluding hydrogens is 248 g/mol. The molecule has 18 heavy (non-hydrogen) atoms. The van der Waals surface area contributed by atoms with Crippen LogP contribution in [-0.2, 0) is 10.0 Å². The van der Waals surface area contributed by atoms with Crippen LogP contribution in [0.1, 0.15) is 32.6 Å². The highest BCUT2D eigenvalue weighted by Crippen LogP contribution is 2.27. The second kappa shape index (κ2) is 5.28. The number of nitrogens with one attached hydrogen (secondary N) is 1. The Kier molecular flexibility index (Phi) is 3.92. The summed E-state index contributed by atoms with van der Waals surface area (Å²) < 4.78 is 22.6. The van der Waals surface area contributed by atoms with Gasteiger partial charge in [-0.2, -0.15) is 0 Å². The Labute approximate surface area is 109 Å². The lowest BCUT2D eigenvalue weighted by Gasteiger charge is -2.30. The highest BCUT2D eigenvalue weighted by molar-refractivity contribution is 7.89. The molecule has 4 nitrogen and oxygen atoms in total. The van der Waals surface area contributed by atoms with E-state index in [1.807, 2.05) is 6.07 Å². The van der Waals surface area contributed by atoms with E-state index in [2.05, 4.69) is 12.2 Å². The van der Waals surface area contributed by atoms with Crippen molar-refractivity contribution < 1.29 is 8.42 Å². The van der Waals surface area contributed by atoms with E-state index in [1.165, 1.54) is 25.3 Å². The van der Waals surface area contributed by atoms with Gasteiger partial charge in [-0.05, 0) is 37.0 Å². The minimum atomic E-state index is -3.62. The number of benzene rings is 1. The van der Waals surface area contributed by atoms with Crippen molar-refractivity contribution in [3.8, 4) is 0 Å². The van der Waals surface area contributed by atoms with Crippen molar-refractivity contribution in [3.63, 3.8) is 0 Å². The lowest BCUT2D eigenvalue weighted by molar-refractivity contribution is 0.349. The minimum absolute atomic E-state index is 0.163. The van der Waals surface area contributed by atoms with Crippen molar-refractivity contribution in [2.45, 2.75) is 43.5 Å². The summed E-state index contributed by atoms with van der Waals surface area (Å²) in [5.41, 5.74) is 0.834. The van der Waals surface area contributed by atoms with Gasteiger partial charge in [-0.15, -0.1) is 0 Å². The van der Waals surface area contributed by atoms with Crippen molar-refractivity contribution in [2.24, 2.45) is 11.1 Å². The molecule has 1 aliphatic rings. The first-order chi connectivity index (χ1) is 8.47. The Morgan fingerprint density at radius 2 is 2.00 bits per heavy atom. The molecule has 0 heterocycles. The molecule has 1 aliphatic carbocycles. The van der Waals surface area contributed by atoms with Crippen LogP contribution >= 0.6 is 0 Å². The van der Waals surface area contributed by atoms with Crippen LogP contribution in [0.5, 0.6) is 0 Å². The van der Waals surface area contributed by atoms with Crippen molar-refractivity contribution in [2.75, 3.05) is 5.32 Å². The molecule has 1 fully saturated rings. The first-order valence-corrected chi connectivity index (χ1v) is 7.91. The van der Waals surface area contributed by atoms with Gasteiger partial charge in [0, 0.05) is 11.7 Å². The molecule has 0 amide bonds. The van der Waals surface area contributed by atoms with Gasteiger partial charge in [-0.25, -0.2) is 13.6 Å². The van der Waals surface area contributed by atoms with Crippen molar-refractivity contribution >= 4 is 15.7 Å². The maximum atomic E-state index is 11.3. The first kappa shape index (κ1) is 13.4. The molecule has 1 aromatic rings. The molecule has 0 saturated heterocycles. The van der Waals surface area contributed by atoms with E-state index >= 15 is 0 Å². The van der Waals surface area contributed by atoms with Gasteiger partial charge in [0.15, 0.2) is 0 Å². The molecule has 0 aliphatic heterocycles. The molecule has 2 rings (SSSR count). The Hall–Kier alpha value is -1.07. The van der Waals surface area contributed by atoms with Crippen LogP contribution < -0.4 is 10.5 Å². The second-order valence-corrected chi connectivity index (χ2v) is 6.65. The SMILES string of the molecule is CC1CCCCC1Nc1cccc(S(N)(=O)=O)c1. The van der Waals surface area contributed by atoms with Gasteiger partial charge in [0.1, 0.15) is 0 Å². The van der Waals surface area contributed by atoms with E-state index in [9.17, 15) is 8.42 Å². The van der Waals surface area contributed by atoms with Crippen LogP contribution in [0.15, 0.2) is 29.2 Å². The highest BCUT2D eigenvalue weighted by Gasteiger charge is 2.21. The summed E-state index contributed by atoms with van der Waals surface area (Å²) in [6.45, 7) is 2.24. The van der Waals surface area contributed by atoms with Crippen LogP contribution in [0, 0.1) is 5.92 Å². The summed E-state index contributed by atoms with van der Waals surface area (Å²) in [6.07, 6.45) is 4.89. The fourth-order valence-corrected chi connectivity index (χ4v) is 3.07. The predicted molar refractivity (Wildman–Crippen MR) is 72.9 cm³/mol. The number of hydrogen-bond donors (Lipinski definition) is 2. The zero-order valence-corrected chi connectivity index (χ0v) is 11.4. The molecule has 3 N–H and O–H groups in total. The smallest absolute Gasteiger partial charge is 0.238 e. The number of rotatable bonds is 3. The summed E-state index contributed by atoms with van der Waals surface area (Å²) >= 11 is 0. The van der Waals surface area contributed by atoms with E-state index in [1.54, 1.807) is 12.1 Å². The second-order valence-electron chi connectivity index (χ2n) is 5.09. The van der Waals surface area contributed by atoms with E-state index < -0.39 is 10.0 Å². The Balaban J connectivity index is 2.14. The van der Waals surface area contributed by atoms with Crippen molar-refractivity contribution in [1.82, 2.24) is 0 Å². The standard InChI is InChI=1S/C13H20N2O2S/c1-10-5-2-3-8-13(10)15-11-6-4-7-12(9-11)18(14,16)17/h4,6-7,9-10,13,15H,2-3,5,8H2,1H3,(H2,14,16,17). The monoisotopic (exact) mass is 268 g/mol. The number of anilines is 1. The fraction of sp³-hybridized carbons (Fsp3) is 0.538. The quantitative estimate of drug-likeness (QED) is 0.883. The Bertz CT molecular complexity index is 513. The topological polar surface area (TPSA) is 72.2 Å². The zero-order chi connectivity index (χ0) is 13.2. The number of primary sulfonamides is 1. The van der Waals surface area contributed by atoms with E-state index in [-0.39, 0.29) is 4.90 Å². The average Bonchev–Trinajstić information content (AvgIpc) is 2.31. The molecule has 2 atom stereocenters. The van der Waals surface area contributed by atoms with E-state index in [4.69, 9.17) is 5.14 Å². The third-order valence-corrected chi connectivity index (χ3v) is 4.54. The molecule has 1 aromatic carbocycles. The van der Waals surface area contributed by atoms with Gasteiger partial charge >= 0.3 is 0 Å². The molecule has 1 saturated carbocycles. The summed E-state index contributed by atoms with van der Waals surface area (Å²) in [5, 5.41) is 8.55. The fourth-order valence-electron chi connectivity index (χ4n) is 2.51. The van der Waals surface area contributed by atoms with Crippen molar-refractivity contribution in [1.29, 1.82) is 0 Å². The molecule has 100 valence electrons. The third-order valence-electron chi connectivity index (χ3n) is 3.63. The van der Waals surface area contributed by atoms with Crippen molar-refractivity contribution in [3.05, 3.63) is 24.3 Å². The molecule has 0 aromatic heterocycles. The number of nitrogens with two attached hydrogens (primary N) is 1. The van der Waals surface area contributed by atoms with Gasteiger partial charge in [-0.1, -0.05) is 25.8 Å². The molecule has 0 bridgehead atoms. The maximum absolute atomic E-state index is 11.3. The molecule has 0 spiro atoms. The lowest BCUT2D eigenvalue weighted by atomic mass is 9.86. The number of sulfonamides is 1. The molecule has 0 radical (unpaired) electrons. The molecule has 2 unspecified atom stereocenters. The Morgan fingerprint density at radius 3 is 2.67 bits per heavy atom. The predicted octanol–water partition coefficient (Wildman–Crippen LogP) is 2.32. The number of hydrogen-bond acceptors (Lipinski definition) is 3. The summed E-state index contributed by atoms with van der Waals surface area (Å²) in [6, 6.07) is 7.15. The van der Waals surface area contributed by atoms with Crippen LogP contribution in [0.3, 0.4) is 0 Å². The van der Waals surface area contributed by atoms with Gasteiger partial charge in [0.2, 0.25) is 10.0 Å². The Morgan fingerprint density at radius 1 is 1.28 bits per heavy atom. The molecule has 5 heteroatoms. The lowest BCUT2D eigenvalue weighted by Crippen LogP contribution is -2.30. The average molecular weight is 268 g/mol.